The van der Waals surface area contributed by atoms with E-state index >= 15 is 0 Å². The van der Waals surface area contributed by atoms with Crippen molar-refractivity contribution in [3.05, 3.63) is 35.6 Å². The zero-order valence-corrected chi connectivity index (χ0v) is 13.8. The Bertz CT molecular complexity index is 552. The van der Waals surface area contributed by atoms with E-state index in [9.17, 15) is 14.0 Å². The average Bonchev–Trinajstić information content (AvgIpc) is 2.53. The van der Waals surface area contributed by atoms with Gasteiger partial charge < -0.3 is 10.2 Å². The standard InChI is InChI=1S/C18H25FN2O2/c1-13(2)20-17(22)8-7-14-9-11-21(12-10-14)18(23)15-5-3-4-6-16(15)19/h3-6,13-14H,7-12H2,1-2H3,(H,20,22). The number of hydrogen-bond donors (Lipinski definition) is 1. The van der Waals surface area contributed by atoms with E-state index in [0.29, 0.717) is 25.4 Å². The quantitative estimate of drug-likeness (QED) is 0.907. The van der Waals surface area contributed by atoms with Crippen LogP contribution < -0.4 is 5.32 Å². The van der Waals surface area contributed by atoms with E-state index in [4.69, 9.17) is 0 Å². The molecule has 0 aliphatic carbocycles. The van der Waals surface area contributed by atoms with Crippen LogP contribution >= 0.6 is 0 Å². The summed E-state index contributed by atoms with van der Waals surface area (Å²) in [6, 6.07) is 6.27. The number of piperidine rings is 1. The topological polar surface area (TPSA) is 49.4 Å². The minimum absolute atomic E-state index is 0.0878. The van der Waals surface area contributed by atoms with Crippen LogP contribution in [0.15, 0.2) is 24.3 Å². The highest BCUT2D eigenvalue weighted by molar-refractivity contribution is 5.94. The molecule has 0 radical (unpaired) electrons. The average molecular weight is 320 g/mol. The molecule has 4 nitrogen and oxygen atoms in total. The minimum atomic E-state index is -0.468. The summed E-state index contributed by atoms with van der Waals surface area (Å²) in [6.07, 6.45) is 3.12. The fraction of sp³-hybridized carbons (Fsp3) is 0.556. The molecule has 1 N–H and O–H groups in total. The number of carbonyl (C=O) groups is 2. The van der Waals surface area contributed by atoms with Gasteiger partial charge in [0.05, 0.1) is 5.56 Å². The molecule has 1 heterocycles. The predicted octanol–water partition coefficient (Wildman–Crippen LogP) is 2.98. The molecule has 5 heteroatoms. The first-order valence-corrected chi connectivity index (χ1v) is 8.30. The number of carbonyl (C=O) groups excluding carboxylic acids is 2. The summed E-state index contributed by atoms with van der Waals surface area (Å²) in [4.78, 5) is 25.7. The van der Waals surface area contributed by atoms with Gasteiger partial charge in [0.15, 0.2) is 0 Å². The first-order chi connectivity index (χ1) is 11.0. The largest absolute Gasteiger partial charge is 0.354 e. The van der Waals surface area contributed by atoms with Crippen molar-refractivity contribution in [2.24, 2.45) is 5.92 Å². The summed E-state index contributed by atoms with van der Waals surface area (Å²) in [5, 5.41) is 2.89. The van der Waals surface area contributed by atoms with Crippen molar-refractivity contribution in [2.45, 2.75) is 45.6 Å². The van der Waals surface area contributed by atoms with Crippen molar-refractivity contribution in [2.75, 3.05) is 13.1 Å². The third-order valence-corrected chi connectivity index (χ3v) is 4.24. The lowest BCUT2D eigenvalue weighted by Crippen LogP contribution is -2.39. The Morgan fingerprint density at radius 3 is 2.52 bits per heavy atom. The molecule has 0 saturated carbocycles. The van der Waals surface area contributed by atoms with E-state index in [1.807, 2.05) is 13.8 Å². The fourth-order valence-corrected chi connectivity index (χ4v) is 2.96. The Labute approximate surface area is 137 Å². The monoisotopic (exact) mass is 320 g/mol. The molecule has 2 rings (SSSR count). The maximum Gasteiger partial charge on any atom is 0.256 e. The summed E-state index contributed by atoms with van der Waals surface area (Å²) in [7, 11) is 0. The highest BCUT2D eigenvalue weighted by Crippen LogP contribution is 2.23. The van der Waals surface area contributed by atoms with Gasteiger partial charge in [0, 0.05) is 25.6 Å². The number of hydrogen-bond acceptors (Lipinski definition) is 2. The summed E-state index contributed by atoms with van der Waals surface area (Å²) >= 11 is 0. The van der Waals surface area contributed by atoms with Gasteiger partial charge >= 0.3 is 0 Å². The zero-order chi connectivity index (χ0) is 16.8. The molecule has 1 aliphatic heterocycles. The molecule has 2 amide bonds. The molecule has 1 aromatic carbocycles. The molecule has 0 unspecified atom stereocenters. The maximum absolute atomic E-state index is 13.7. The first-order valence-electron chi connectivity index (χ1n) is 8.30. The second kappa shape index (κ2) is 8.09. The lowest BCUT2D eigenvalue weighted by Gasteiger charge is -2.32. The Hall–Kier alpha value is -1.91. The van der Waals surface area contributed by atoms with Crippen LogP contribution in [-0.4, -0.2) is 35.8 Å². The number of rotatable bonds is 5. The number of benzene rings is 1. The molecule has 1 aromatic rings. The highest BCUT2D eigenvalue weighted by atomic mass is 19.1. The number of likely N-dealkylation sites (tertiary alicyclic amines) is 1. The van der Waals surface area contributed by atoms with Crippen LogP contribution in [-0.2, 0) is 4.79 Å². The van der Waals surface area contributed by atoms with E-state index in [0.717, 1.165) is 19.3 Å². The van der Waals surface area contributed by atoms with Crippen LogP contribution in [0.4, 0.5) is 4.39 Å². The summed E-state index contributed by atoms with van der Waals surface area (Å²) in [5.74, 6) is -0.161. The molecule has 1 saturated heterocycles. The van der Waals surface area contributed by atoms with Crippen molar-refractivity contribution in [3.8, 4) is 0 Å². The molecule has 1 aliphatic rings. The molecule has 0 aromatic heterocycles. The van der Waals surface area contributed by atoms with Crippen molar-refractivity contribution in [3.63, 3.8) is 0 Å². The van der Waals surface area contributed by atoms with Crippen molar-refractivity contribution < 1.29 is 14.0 Å². The highest BCUT2D eigenvalue weighted by Gasteiger charge is 2.25. The predicted molar refractivity (Wildman–Crippen MR) is 87.5 cm³/mol. The normalized spacial score (nSPS) is 15.7. The lowest BCUT2D eigenvalue weighted by molar-refractivity contribution is -0.121. The molecule has 126 valence electrons. The summed E-state index contributed by atoms with van der Waals surface area (Å²) in [5.41, 5.74) is 0.141. The molecule has 23 heavy (non-hydrogen) atoms. The van der Waals surface area contributed by atoms with Crippen molar-refractivity contribution in [1.29, 1.82) is 0 Å². The SMILES string of the molecule is CC(C)NC(=O)CCC1CCN(C(=O)c2ccccc2F)CC1. The van der Waals surface area contributed by atoms with E-state index in [1.54, 1.807) is 17.0 Å². The van der Waals surface area contributed by atoms with E-state index < -0.39 is 5.82 Å². The van der Waals surface area contributed by atoms with Crippen LogP contribution in [0.3, 0.4) is 0 Å². The molecule has 1 fully saturated rings. The van der Waals surface area contributed by atoms with Gasteiger partial charge in [-0.2, -0.15) is 0 Å². The number of nitrogens with zero attached hydrogens (tertiary/aromatic N) is 1. The molecule has 0 bridgehead atoms. The van der Waals surface area contributed by atoms with Gasteiger partial charge in [-0.05, 0) is 51.2 Å². The first kappa shape index (κ1) is 17.4. The second-order valence-electron chi connectivity index (χ2n) is 6.48. The summed E-state index contributed by atoms with van der Waals surface area (Å²) in [6.45, 7) is 5.16. The molecular weight excluding hydrogens is 295 g/mol. The van der Waals surface area contributed by atoms with Crippen LogP contribution in [0.5, 0.6) is 0 Å². The van der Waals surface area contributed by atoms with Crippen molar-refractivity contribution in [1.82, 2.24) is 10.2 Å². The maximum atomic E-state index is 13.7. The molecule has 0 spiro atoms. The summed E-state index contributed by atoms with van der Waals surface area (Å²) < 4.78 is 13.7. The van der Waals surface area contributed by atoms with Gasteiger partial charge in [0.25, 0.3) is 5.91 Å². The van der Waals surface area contributed by atoms with Crippen LogP contribution in [0, 0.1) is 11.7 Å². The van der Waals surface area contributed by atoms with Gasteiger partial charge in [-0.25, -0.2) is 4.39 Å². The zero-order valence-electron chi connectivity index (χ0n) is 13.8. The van der Waals surface area contributed by atoms with Crippen LogP contribution in [0.2, 0.25) is 0 Å². The van der Waals surface area contributed by atoms with Gasteiger partial charge in [-0.15, -0.1) is 0 Å². The molecule has 0 atom stereocenters. The van der Waals surface area contributed by atoms with Gasteiger partial charge in [0.1, 0.15) is 5.82 Å². The second-order valence-corrected chi connectivity index (χ2v) is 6.48. The fourth-order valence-electron chi connectivity index (χ4n) is 2.96. The number of halogens is 1. The Morgan fingerprint density at radius 1 is 1.26 bits per heavy atom. The number of amides is 2. The lowest BCUT2D eigenvalue weighted by atomic mass is 9.91. The van der Waals surface area contributed by atoms with E-state index in [2.05, 4.69) is 5.32 Å². The Balaban J connectivity index is 1.79. The minimum Gasteiger partial charge on any atom is -0.354 e. The van der Waals surface area contributed by atoms with Gasteiger partial charge in [0.2, 0.25) is 5.91 Å². The van der Waals surface area contributed by atoms with E-state index in [1.165, 1.54) is 12.1 Å². The van der Waals surface area contributed by atoms with Crippen LogP contribution in [0.1, 0.15) is 49.9 Å². The van der Waals surface area contributed by atoms with Crippen molar-refractivity contribution >= 4 is 11.8 Å². The van der Waals surface area contributed by atoms with Gasteiger partial charge in [-0.3, -0.25) is 9.59 Å². The Morgan fingerprint density at radius 2 is 1.91 bits per heavy atom. The molecular formula is C18H25FN2O2. The third kappa shape index (κ3) is 5.05. The van der Waals surface area contributed by atoms with Crippen LogP contribution in [0.25, 0.3) is 0 Å². The smallest absolute Gasteiger partial charge is 0.256 e. The Kier molecular flexibility index (Phi) is 6.13. The number of nitrogens with one attached hydrogen (secondary N) is 1. The third-order valence-electron chi connectivity index (χ3n) is 4.24. The van der Waals surface area contributed by atoms with Gasteiger partial charge in [-0.1, -0.05) is 12.1 Å². The van der Waals surface area contributed by atoms with E-state index in [-0.39, 0.29) is 23.4 Å².